The third-order valence-electron chi connectivity index (χ3n) is 5.66. The van der Waals surface area contributed by atoms with Gasteiger partial charge in [0.1, 0.15) is 17.2 Å². The Morgan fingerprint density at radius 1 is 0.757 bits per heavy atom. The third kappa shape index (κ3) is 5.04. The minimum absolute atomic E-state index is 0.0776. The molecule has 37 heavy (non-hydrogen) atoms. The van der Waals surface area contributed by atoms with E-state index in [1.54, 1.807) is 30.5 Å². The van der Waals surface area contributed by atoms with Gasteiger partial charge in [0.2, 0.25) is 5.88 Å². The van der Waals surface area contributed by atoms with Gasteiger partial charge in [-0.25, -0.2) is 9.97 Å². The molecule has 0 saturated carbocycles. The first-order valence-electron chi connectivity index (χ1n) is 11.0. The smallest absolute Gasteiger partial charge is 0.416 e. The monoisotopic (exact) mass is 501 g/mol. The molecule has 2 heterocycles. The minimum atomic E-state index is -4.45. The summed E-state index contributed by atoms with van der Waals surface area (Å²) in [5.74, 6) is 5.77. The molecule has 5 aromatic rings. The number of hydrogen-bond donors (Lipinski definition) is 3. The van der Waals surface area contributed by atoms with Crippen LogP contribution < -0.4 is 0 Å². The Kier molecular flexibility index (Phi) is 5.93. The Morgan fingerprint density at radius 2 is 1.38 bits per heavy atom. The lowest BCUT2D eigenvalue weighted by molar-refractivity contribution is -0.137. The molecule has 9 heteroatoms. The number of nitrogens with zero attached hydrogens (tertiary/aromatic N) is 3. The van der Waals surface area contributed by atoms with Crippen LogP contribution in [0.3, 0.4) is 0 Å². The second-order valence-corrected chi connectivity index (χ2v) is 8.27. The minimum Gasteiger partial charge on any atom is -0.508 e. The van der Waals surface area contributed by atoms with E-state index >= 15 is 0 Å². The van der Waals surface area contributed by atoms with Crippen LogP contribution in [0.5, 0.6) is 17.4 Å². The predicted molar refractivity (Wildman–Crippen MR) is 130 cm³/mol. The molecule has 0 unspecified atom stereocenters. The molecule has 184 valence electrons. The summed E-state index contributed by atoms with van der Waals surface area (Å²) in [5.41, 5.74) is 2.30. The molecule has 0 amide bonds. The molecule has 0 aliphatic carbocycles. The summed E-state index contributed by atoms with van der Waals surface area (Å²) >= 11 is 0. The molecule has 0 fully saturated rings. The maximum atomic E-state index is 12.9. The van der Waals surface area contributed by atoms with Gasteiger partial charge in [-0.3, -0.25) is 4.40 Å². The number of benzene rings is 3. The van der Waals surface area contributed by atoms with E-state index in [9.17, 15) is 28.5 Å². The van der Waals surface area contributed by atoms with Crippen LogP contribution in [0.2, 0.25) is 0 Å². The van der Waals surface area contributed by atoms with Gasteiger partial charge in [0.25, 0.3) is 0 Å². The van der Waals surface area contributed by atoms with Crippen molar-refractivity contribution in [1.29, 1.82) is 0 Å². The predicted octanol–water partition coefficient (Wildman–Crippen LogP) is 5.52. The molecular weight excluding hydrogens is 483 g/mol. The molecule has 0 saturated heterocycles. The zero-order valence-electron chi connectivity index (χ0n) is 19.0. The van der Waals surface area contributed by atoms with Crippen LogP contribution in [0.1, 0.15) is 28.1 Å². The highest BCUT2D eigenvalue weighted by atomic mass is 19.4. The van der Waals surface area contributed by atoms with Crippen molar-refractivity contribution in [2.75, 3.05) is 0 Å². The maximum absolute atomic E-state index is 12.9. The quantitative estimate of drug-likeness (QED) is 0.283. The fourth-order valence-corrected chi connectivity index (χ4v) is 3.74. The second kappa shape index (κ2) is 9.24. The Hall–Kier alpha value is -4.97. The van der Waals surface area contributed by atoms with Gasteiger partial charge in [0, 0.05) is 23.7 Å². The van der Waals surface area contributed by atoms with Crippen molar-refractivity contribution >= 4 is 5.65 Å². The van der Waals surface area contributed by atoms with Gasteiger partial charge < -0.3 is 15.3 Å². The standard InChI is InChI=1S/C28H18F3N3O3/c29-28(30,31)20-8-1-17(2-9-20)5-14-23-26-33-24(15-18-3-10-21(35)11-4-18)27(37)34(26)16-25(32-23)19-6-12-22(36)13-7-19/h1-4,6-13,16,35-37H,15H2. The molecule has 0 radical (unpaired) electrons. The average Bonchev–Trinajstić information content (AvgIpc) is 3.19. The highest BCUT2D eigenvalue weighted by molar-refractivity contribution is 5.66. The largest absolute Gasteiger partial charge is 0.508 e. The van der Waals surface area contributed by atoms with Crippen LogP contribution in [0.4, 0.5) is 13.2 Å². The number of fused-ring (bicyclic) bond motifs is 1. The number of phenols is 2. The van der Waals surface area contributed by atoms with E-state index in [1.807, 2.05) is 0 Å². The van der Waals surface area contributed by atoms with Gasteiger partial charge in [-0.1, -0.05) is 18.1 Å². The van der Waals surface area contributed by atoms with Crippen molar-refractivity contribution in [3.63, 3.8) is 0 Å². The van der Waals surface area contributed by atoms with Crippen LogP contribution >= 0.6 is 0 Å². The zero-order valence-corrected chi connectivity index (χ0v) is 19.0. The van der Waals surface area contributed by atoms with Gasteiger partial charge in [0.05, 0.1) is 11.3 Å². The van der Waals surface area contributed by atoms with Gasteiger partial charge in [0.15, 0.2) is 11.3 Å². The summed E-state index contributed by atoms with van der Waals surface area (Å²) in [4.78, 5) is 9.12. The zero-order chi connectivity index (χ0) is 26.2. The van der Waals surface area contributed by atoms with Crippen LogP contribution in [0, 0.1) is 11.8 Å². The summed E-state index contributed by atoms with van der Waals surface area (Å²) in [5, 5.41) is 30.1. The fraction of sp³-hybridized carbons (Fsp3) is 0.0714. The molecule has 0 aliphatic heterocycles. The SMILES string of the molecule is Oc1ccc(Cc2nc3c(C#Cc4ccc(C(F)(F)F)cc4)nc(-c4ccc(O)cc4)cn3c2O)cc1. The van der Waals surface area contributed by atoms with Crippen molar-refractivity contribution in [1.82, 2.24) is 14.4 Å². The van der Waals surface area contributed by atoms with Crippen LogP contribution in [0.15, 0.2) is 79.0 Å². The first-order valence-corrected chi connectivity index (χ1v) is 11.0. The normalized spacial score (nSPS) is 11.3. The number of phenolic OH excluding ortho intramolecular Hbond substituents is 2. The summed E-state index contributed by atoms with van der Waals surface area (Å²) in [6, 6.07) is 17.3. The van der Waals surface area contributed by atoms with Gasteiger partial charge >= 0.3 is 6.18 Å². The fourth-order valence-electron chi connectivity index (χ4n) is 3.74. The first kappa shape index (κ1) is 23.8. The lowest BCUT2D eigenvalue weighted by Gasteiger charge is -2.06. The number of hydrogen-bond acceptors (Lipinski definition) is 5. The molecule has 3 aromatic carbocycles. The van der Waals surface area contributed by atoms with E-state index in [-0.39, 0.29) is 35.1 Å². The lowest BCUT2D eigenvalue weighted by atomic mass is 10.1. The average molecular weight is 501 g/mol. The van der Waals surface area contributed by atoms with E-state index < -0.39 is 11.7 Å². The summed E-state index contributed by atoms with van der Waals surface area (Å²) in [6.07, 6.45) is -2.58. The number of aromatic nitrogens is 3. The topological polar surface area (TPSA) is 90.9 Å². The van der Waals surface area contributed by atoms with Crippen LogP contribution in [-0.2, 0) is 12.6 Å². The van der Waals surface area contributed by atoms with Crippen molar-refractivity contribution in [3.05, 3.63) is 107 Å². The maximum Gasteiger partial charge on any atom is 0.416 e. The molecule has 3 N–H and O–H groups in total. The Morgan fingerprint density at radius 3 is 2.00 bits per heavy atom. The highest BCUT2D eigenvalue weighted by Crippen LogP contribution is 2.30. The van der Waals surface area contributed by atoms with Gasteiger partial charge in [-0.2, -0.15) is 13.2 Å². The van der Waals surface area contributed by atoms with E-state index in [4.69, 9.17) is 0 Å². The lowest BCUT2D eigenvalue weighted by Crippen LogP contribution is -2.04. The molecule has 0 spiro atoms. The summed E-state index contributed by atoms with van der Waals surface area (Å²) in [6.45, 7) is 0. The molecule has 0 aliphatic rings. The van der Waals surface area contributed by atoms with Crippen LogP contribution in [0.25, 0.3) is 16.9 Å². The van der Waals surface area contributed by atoms with Crippen molar-refractivity contribution in [2.45, 2.75) is 12.6 Å². The number of imidazole rings is 1. The molecule has 5 rings (SSSR count). The number of aromatic hydroxyl groups is 3. The third-order valence-corrected chi connectivity index (χ3v) is 5.66. The van der Waals surface area contributed by atoms with Gasteiger partial charge in [-0.05, 0) is 72.1 Å². The molecule has 2 aromatic heterocycles. The molecule has 6 nitrogen and oxygen atoms in total. The van der Waals surface area contributed by atoms with Crippen molar-refractivity contribution in [3.8, 4) is 40.5 Å². The van der Waals surface area contributed by atoms with E-state index in [0.29, 0.717) is 22.5 Å². The Balaban J connectivity index is 1.61. The van der Waals surface area contributed by atoms with E-state index in [2.05, 4.69) is 21.8 Å². The Labute approximate surface area is 208 Å². The molecular formula is C28H18F3N3O3. The van der Waals surface area contributed by atoms with E-state index in [1.165, 1.54) is 40.8 Å². The Bertz CT molecular complexity index is 1650. The summed E-state index contributed by atoms with van der Waals surface area (Å²) < 4.78 is 40.1. The second-order valence-electron chi connectivity index (χ2n) is 8.27. The van der Waals surface area contributed by atoms with Crippen molar-refractivity contribution in [2.24, 2.45) is 0 Å². The van der Waals surface area contributed by atoms with E-state index in [0.717, 1.165) is 17.7 Å². The first-order chi connectivity index (χ1) is 17.7. The molecule has 0 bridgehead atoms. The van der Waals surface area contributed by atoms with Gasteiger partial charge in [-0.15, -0.1) is 0 Å². The number of halogens is 3. The highest BCUT2D eigenvalue weighted by Gasteiger charge is 2.29. The van der Waals surface area contributed by atoms with Crippen LogP contribution in [-0.4, -0.2) is 29.7 Å². The summed E-state index contributed by atoms with van der Waals surface area (Å²) in [7, 11) is 0. The number of rotatable bonds is 3. The number of alkyl halides is 3. The molecule has 0 atom stereocenters. The van der Waals surface area contributed by atoms with Crippen molar-refractivity contribution < 1.29 is 28.5 Å².